The molecule has 0 heterocycles. The molecule has 1 amide bonds. The maximum Gasteiger partial charge on any atom is 0.431 e. The summed E-state index contributed by atoms with van der Waals surface area (Å²) in [6, 6.07) is 9.46. The molecule has 0 aliphatic carbocycles. The van der Waals surface area contributed by atoms with Crippen molar-refractivity contribution in [3.8, 4) is 0 Å². The van der Waals surface area contributed by atoms with E-state index in [-0.39, 0.29) is 6.61 Å². The number of amides is 1. The smallest absolute Gasteiger partial charge is 0.431 e. The molecule has 0 bridgehead atoms. The number of hydrogen-bond acceptors (Lipinski definition) is 3. The molecule has 16 heavy (non-hydrogen) atoms. The molecular weight excluding hydrogens is 206 g/mol. The molecule has 2 radical (unpaired) electrons. The maximum absolute atomic E-state index is 11.1. The minimum Gasteiger partial charge on any atom is -0.442 e. The molecule has 0 saturated carbocycles. The van der Waals surface area contributed by atoms with Gasteiger partial charge in [-0.1, -0.05) is 30.3 Å². The summed E-state index contributed by atoms with van der Waals surface area (Å²) in [5.74, 6) is 0. The van der Waals surface area contributed by atoms with Crippen molar-refractivity contribution < 1.29 is 14.4 Å². The van der Waals surface area contributed by atoms with Crippen molar-refractivity contribution in [3.05, 3.63) is 42.8 Å². The zero-order valence-corrected chi connectivity index (χ0v) is 9.40. The number of hydroxylamine groups is 1. The van der Waals surface area contributed by atoms with Gasteiger partial charge in [-0.2, -0.15) is 5.48 Å². The van der Waals surface area contributed by atoms with E-state index in [0.29, 0.717) is 0 Å². The van der Waals surface area contributed by atoms with Crippen molar-refractivity contribution in [3.63, 3.8) is 0 Å². The summed E-state index contributed by atoms with van der Waals surface area (Å²) in [5, 5.41) is 0. The highest BCUT2D eigenvalue weighted by Crippen LogP contribution is 2.06. The molecule has 1 aromatic carbocycles. The largest absolute Gasteiger partial charge is 0.442 e. The van der Waals surface area contributed by atoms with E-state index in [4.69, 9.17) is 16.5 Å². The molecule has 0 saturated heterocycles. The predicted octanol–water partition coefficient (Wildman–Crippen LogP) is 2.33. The second-order valence-electron chi connectivity index (χ2n) is 3.87. The average Bonchev–Trinajstić information content (AvgIpc) is 2.16. The minimum absolute atomic E-state index is 0.279. The van der Waals surface area contributed by atoms with Gasteiger partial charge in [0.2, 0.25) is 0 Å². The minimum atomic E-state index is -1.01. The quantitative estimate of drug-likeness (QED) is 0.794. The molecule has 4 heteroatoms. The number of ether oxygens (including phenoxy) is 1. The number of hydrogen-bond donors (Lipinski definition) is 1. The lowest BCUT2D eigenvalue weighted by Crippen LogP contribution is -2.32. The van der Waals surface area contributed by atoms with Crippen LogP contribution in [0.1, 0.15) is 19.4 Å². The lowest BCUT2D eigenvalue weighted by molar-refractivity contribution is -0.00639. The van der Waals surface area contributed by atoms with Crippen molar-refractivity contribution in [2.24, 2.45) is 0 Å². The van der Waals surface area contributed by atoms with Crippen molar-refractivity contribution in [1.29, 1.82) is 0 Å². The SMILES string of the molecule is [CH]C(C)(C)OC(=O)NOCc1ccccc1. The van der Waals surface area contributed by atoms with Crippen LogP contribution in [0.4, 0.5) is 4.79 Å². The molecule has 0 unspecified atom stereocenters. The second kappa shape index (κ2) is 5.51. The van der Waals surface area contributed by atoms with E-state index in [9.17, 15) is 4.79 Å². The van der Waals surface area contributed by atoms with Crippen molar-refractivity contribution in [2.45, 2.75) is 26.1 Å². The van der Waals surface area contributed by atoms with E-state index >= 15 is 0 Å². The number of nitrogens with one attached hydrogen (secondary N) is 1. The van der Waals surface area contributed by atoms with Crippen molar-refractivity contribution in [1.82, 2.24) is 5.48 Å². The standard InChI is InChI=1S/C12H15NO3/c1-12(2,3)16-11(14)13-15-9-10-7-5-4-6-8-10/h1,4-8H,9H2,2-3H3,(H,13,14). The highest BCUT2D eigenvalue weighted by Gasteiger charge is 2.16. The lowest BCUT2D eigenvalue weighted by Gasteiger charge is -2.18. The van der Waals surface area contributed by atoms with Crippen LogP contribution in [0.5, 0.6) is 0 Å². The van der Waals surface area contributed by atoms with E-state index in [1.807, 2.05) is 30.3 Å². The highest BCUT2D eigenvalue weighted by atomic mass is 16.7. The van der Waals surface area contributed by atoms with Gasteiger partial charge in [-0.15, -0.1) is 0 Å². The maximum atomic E-state index is 11.1. The van der Waals surface area contributed by atoms with Gasteiger partial charge in [-0.25, -0.2) is 4.79 Å². The average molecular weight is 221 g/mol. The summed E-state index contributed by atoms with van der Waals surface area (Å²) < 4.78 is 4.78. The Morgan fingerprint density at radius 3 is 2.56 bits per heavy atom. The first kappa shape index (κ1) is 12.5. The first-order chi connectivity index (χ1) is 7.47. The van der Waals surface area contributed by atoms with Crippen LogP contribution in [0.25, 0.3) is 0 Å². The number of carbonyl (C=O) groups is 1. The summed E-state index contributed by atoms with van der Waals surface area (Å²) >= 11 is 0. The summed E-state index contributed by atoms with van der Waals surface area (Å²) in [5.41, 5.74) is 2.09. The Balaban J connectivity index is 2.24. The van der Waals surface area contributed by atoms with Crippen LogP contribution in [0, 0.1) is 6.92 Å². The lowest BCUT2D eigenvalue weighted by atomic mass is 10.2. The van der Waals surface area contributed by atoms with Crippen LogP contribution in [0.3, 0.4) is 0 Å². The second-order valence-corrected chi connectivity index (χ2v) is 3.87. The van der Waals surface area contributed by atoms with E-state index in [1.54, 1.807) is 13.8 Å². The van der Waals surface area contributed by atoms with Gasteiger partial charge in [0.25, 0.3) is 0 Å². The molecule has 0 fully saturated rings. The van der Waals surface area contributed by atoms with Gasteiger partial charge in [-0.05, 0) is 19.4 Å². The molecular formula is C12H15NO3. The van der Waals surface area contributed by atoms with Crippen LogP contribution < -0.4 is 5.48 Å². The molecule has 1 N–H and O–H groups in total. The van der Waals surface area contributed by atoms with Crippen LogP contribution >= 0.6 is 0 Å². The third kappa shape index (κ3) is 5.36. The third-order valence-electron chi connectivity index (χ3n) is 1.59. The molecule has 0 aromatic heterocycles. The fraction of sp³-hybridized carbons (Fsp3) is 0.333. The van der Waals surface area contributed by atoms with E-state index < -0.39 is 11.7 Å². The number of carbonyl (C=O) groups excluding carboxylic acids is 1. The number of rotatable bonds is 4. The zero-order chi connectivity index (χ0) is 12.0. The van der Waals surface area contributed by atoms with E-state index in [1.165, 1.54) is 0 Å². The monoisotopic (exact) mass is 221 g/mol. The summed E-state index contributed by atoms with van der Waals surface area (Å²) in [7, 11) is 0. The Morgan fingerprint density at radius 2 is 2.00 bits per heavy atom. The summed E-state index contributed by atoms with van der Waals surface area (Å²) in [6.45, 7) is 8.91. The molecule has 0 spiro atoms. The van der Waals surface area contributed by atoms with Crippen LogP contribution in [-0.2, 0) is 16.2 Å². The Labute approximate surface area is 95.5 Å². The Hall–Kier alpha value is -1.55. The van der Waals surface area contributed by atoms with Crippen molar-refractivity contribution in [2.75, 3.05) is 0 Å². The molecule has 1 rings (SSSR count). The fourth-order valence-corrected chi connectivity index (χ4v) is 1.01. The first-order valence-electron chi connectivity index (χ1n) is 4.91. The molecule has 0 atom stereocenters. The van der Waals surface area contributed by atoms with Gasteiger partial charge in [0.05, 0.1) is 6.61 Å². The summed E-state index contributed by atoms with van der Waals surface area (Å²) in [6.07, 6.45) is -0.705. The molecule has 0 aliphatic heterocycles. The first-order valence-corrected chi connectivity index (χ1v) is 4.91. The van der Waals surface area contributed by atoms with E-state index in [2.05, 4.69) is 5.48 Å². The zero-order valence-electron chi connectivity index (χ0n) is 9.40. The number of benzene rings is 1. The van der Waals surface area contributed by atoms with Crippen LogP contribution in [0.2, 0.25) is 0 Å². The highest BCUT2D eigenvalue weighted by molar-refractivity contribution is 5.66. The Kier molecular flexibility index (Phi) is 4.31. The van der Waals surface area contributed by atoms with Gasteiger partial charge < -0.3 is 4.74 Å². The Morgan fingerprint density at radius 1 is 1.38 bits per heavy atom. The van der Waals surface area contributed by atoms with Gasteiger partial charge in [-0.3, -0.25) is 4.84 Å². The van der Waals surface area contributed by atoms with Gasteiger partial charge >= 0.3 is 6.09 Å². The Bertz CT molecular complexity index is 330. The van der Waals surface area contributed by atoms with Gasteiger partial charge in [0.1, 0.15) is 5.60 Å². The molecule has 1 aromatic rings. The third-order valence-corrected chi connectivity index (χ3v) is 1.59. The fourth-order valence-electron chi connectivity index (χ4n) is 1.01. The predicted molar refractivity (Wildman–Crippen MR) is 59.2 cm³/mol. The van der Waals surface area contributed by atoms with Gasteiger partial charge in [0.15, 0.2) is 0 Å². The topological polar surface area (TPSA) is 47.6 Å². The molecule has 86 valence electrons. The normalized spacial score (nSPS) is 10.9. The molecule has 4 nitrogen and oxygen atoms in total. The molecule has 0 aliphatic rings. The summed E-state index contributed by atoms with van der Waals surface area (Å²) in [4.78, 5) is 16.1. The van der Waals surface area contributed by atoms with Crippen molar-refractivity contribution >= 4 is 6.09 Å². The van der Waals surface area contributed by atoms with Gasteiger partial charge in [0, 0.05) is 6.92 Å². The van der Waals surface area contributed by atoms with E-state index in [0.717, 1.165) is 5.56 Å². The van der Waals surface area contributed by atoms with Crippen LogP contribution in [0.15, 0.2) is 30.3 Å². The van der Waals surface area contributed by atoms with Crippen LogP contribution in [-0.4, -0.2) is 11.7 Å².